The van der Waals surface area contributed by atoms with Gasteiger partial charge >= 0.3 is 0 Å². The van der Waals surface area contributed by atoms with Crippen molar-refractivity contribution in [2.75, 3.05) is 6.61 Å². The fraction of sp³-hybridized carbons (Fsp3) is 0.538. The number of rotatable bonds is 5. The number of ether oxygens (including phenoxy) is 1. The van der Waals surface area contributed by atoms with Crippen molar-refractivity contribution in [3.05, 3.63) is 34.6 Å². The molecule has 0 aliphatic carbocycles. The molecule has 18 heavy (non-hydrogen) atoms. The first-order valence-electron chi connectivity index (χ1n) is 5.86. The van der Waals surface area contributed by atoms with Crippen molar-refractivity contribution in [2.45, 2.75) is 38.8 Å². The van der Waals surface area contributed by atoms with Gasteiger partial charge < -0.3 is 4.74 Å². The molecular weight excluding hydrogens is 255 g/mol. The quantitative estimate of drug-likeness (QED) is 0.641. The molecule has 0 bridgehead atoms. The fourth-order valence-electron chi connectivity index (χ4n) is 1.47. The summed E-state index contributed by atoms with van der Waals surface area (Å²) >= 11 is 5.97. The lowest BCUT2D eigenvalue weighted by Crippen LogP contribution is -2.42. The van der Waals surface area contributed by atoms with Crippen molar-refractivity contribution in [1.29, 1.82) is 0 Å². The molecule has 1 aromatic rings. The van der Waals surface area contributed by atoms with Gasteiger partial charge in [0.2, 0.25) is 0 Å². The maximum atomic E-state index is 12.9. The Morgan fingerprint density at radius 1 is 1.44 bits per heavy atom. The molecule has 0 radical (unpaired) electrons. The van der Waals surface area contributed by atoms with Crippen molar-refractivity contribution in [3.8, 4) is 0 Å². The molecule has 102 valence electrons. The summed E-state index contributed by atoms with van der Waals surface area (Å²) < 4.78 is 18.6. The summed E-state index contributed by atoms with van der Waals surface area (Å²) in [5, 5.41) is 0.408. The van der Waals surface area contributed by atoms with Crippen molar-refractivity contribution < 1.29 is 9.13 Å². The van der Waals surface area contributed by atoms with Crippen molar-refractivity contribution in [2.24, 2.45) is 5.84 Å². The van der Waals surface area contributed by atoms with Crippen molar-refractivity contribution in [1.82, 2.24) is 5.43 Å². The summed E-state index contributed by atoms with van der Waals surface area (Å²) in [4.78, 5) is 0. The lowest BCUT2D eigenvalue weighted by molar-refractivity contribution is -0.0143. The summed E-state index contributed by atoms with van der Waals surface area (Å²) in [6.45, 7) is 6.40. The molecule has 0 saturated heterocycles. The summed E-state index contributed by atoms with van der Waals surface area (Å²) in [5.41, 5.74) is 3.31. The van der Waals surface area contributed by atoms with E-state index in [1.165, 1.54) is 12.1 Å². The predicted molar refractivity (Wildman–Crippen MR) is 71.9 cm³/mol. The van der Waals surface area contributed by atoms with Gasteiger partial charge in [0.1, 0.15) is 5.82 Å². The Balaban J connectivity index is 2.62. The van der Waals surface area contributed by atoms with Gasteiger partial charge in [-0.3, -0.25) is 11.3 Å². The number of benzene rings is 1. The van der Waals surface area contributed by atoms with Gasteiger partial charge in [-0.2, -0.15) is 0 Å². The SMILES string of the molecule is CC(C)(C)OCC(Cc1ccc(F)cc1Cl)NN. The summed E-state index contributed by atoms with van der Waals surface area (Å²) in [6.07, 6.45) is 0.589. The summed E-state index contributed by atoms with van der Waals surface area (Å²) in [6, 6.07) is 4.29. The molecule has 3 nitrogen and oxygen atoms in total. The number of nitrogens with two attached hydrogens (primary N) is 1. The normalized spacial score (nSPS) is 13.7. The minimum Gasteiger partial charge on any atom is -0.374 e. The Bertz CT molecular complexity index is 393. The zero-order valence-corrected chi connectivity index (χ0v) is 11.7. The zero-order chi connectivity index (χ0) is 13.8. The van der Waals surface area contributed by atoms with E-state index in [4.69, 9.17) is 22.2 Å². The van der Waals surface area contributed by atoms with Crippen LogP contribution in [0.3, 0.4) is 0 Å². The van der Waals surface area contributed by atoms with Gasteiger partial charge in [-0.05, 0) is 44.9 Å². The number of hydrazine groups is 1. The molecule has 3 N–H and O–H groups in total. The average Bonchev–Trinajstić information content (AvgIpc) is 2.25. The van der Waals surface area contributed by atoms with E-state index in [1.54, 1.807) is 6.07 Å². The molecule has 0 spiro atoms. The monoisotopic (exact) mass is 274 g/mol. The molecule has 0 saturated carbocycles. The van der Waals surface area contributed by atoms with Crippen LogP contribution in [0, 0.1) is 5.82 Å². The van der Waals surface area contributed by atoms with E-state index in [9.17, 15) is 4.39 Å². The number of hydrogen-bond donors (Lipinski definition) is 2. The van der Waals surface area contributed by atoms with Crippen LogP contribution in [-0.4, -0.2) is 18.2 Å². The van der Waals surface area contributed by atoms with Crippen LogP contribution in [0.25, 0.3) is 0 Å². The molecule has 1 unspecified atom stereocenters. The molecule has 0 aliphatic rings. The Morgan fingerprint density at radius 2 is 2.11 bits per heavy atom. The summed E-state index contributed by atoms with van der Waals surface area (Å²) in [7, 11) is 0. The molecule has 1 rings (SSSR count). The molecule has 1 aromatic carbocycles. The van der Waals surface area contributed by atoms with Crippen LogP contribution in [0.15, 0.2) is 18.2 Å². The van der Waals surface area contributed by atoms with E-state index in [1.807, 2.05) is 20.8 Å². The molecule has 0 heterocycles. The first-order valence-corrected chi connectivity index (χ1v) is 6.23. The van der Waals surface area contributed by atoms with Crippen LogP contribution in [0.4, 0.5) is 4.39 Å². The fourth-order valence-corrected chi connectivity index (χ4v) is 1.71. The highest BCUT2D eigenvalue weighted by molar-refractivity contribution is 6.31. The van der Waals surface area contributed by atoms with E-state index in [-0.39, 0.29) is 17.5 Å². The van der Waals surface area contributed by atoms with Crippen LogP contribution >= 0.6 is 11.6 Å². The minimum atomic E-state index is -0.341. The Morgan fingerprint density at radius 3 is 2.61 bits per heavy atom. The molecule has 0 aliphatic heterocycles. The van der Waals surface area contributed by atoms with Crippen LogP contribution in [0.2, 0.25) is 5.02 Å². The predicted octanol–water partition coefficient (Wildman–Crippen LogP) is 2.67. The number of nitrogens with one attached hydrogen (secondary N) is 1. The van der Waals surface area contributed by atoms with Crippen molar-refractivity contribution in [3.63, 3.8) is 0 Å². The first kappa shape index (κ1) is 15.4. The third-order valence-corrected chi connectivity index (χ3v) is 2.79. The van der Waals surface area contributed by atoms with Gasteiger partial charge in [-0.25, -0.2) is 4.39 Å². The highest BCUT2D eigenvalue weighted by Crippen LogP contribution is 2.19. The smallest absolute Gasteiger partial charge is 0.124 e. The van der Waals surface area contributed by atoms with E-state index in [0.717, 1.165) is 5.56 Å². The molecular formula is C13H20ClFN2O. The molecule has 1 atom stereocenters. The van der Waals surface area contributed by atoms with Crippen LogP contribution < -0.4 is 11.3 Å². The van der Waals surface area contributed by atoms with Gasteiger partial charge in [-0.1, -0.05) is 17.7 Å². The topological polar surface area (TPSA) is 47.3 Å². The average molecular weight is 275 g/mol. The van der Waals surface area contributed by atoms with E-state index < -0.39 is 0 Å². The first-order chi connectivity index (χ1) is 8.31. The Kier molecular flexibility index (Phi) is 5.53. The molecule has 0 aromatic heterocycles. The molecule has 5 heteroatoms. The van der Waals surface area contributed by atoms with E-state index in [0.29, 0.717) is 18.1 Å². The van der Waals surface area contributed by atoms with Gasteiger partial charge in [-0.15, -0.1) is 0 Å². The highest BCUT2D eigenvalue weighted by Gasteiger charge is 2.16. The van der Waals surface area contributed by atoms with Crippen LogP contribution in [0.1, 0.15) is 26.3 Å². The number of halogens is 2. The summed E-state index contributed by atoms with van der Waals surface area (Å²) in [5.74, 6) is 5.14. The van der Waals surface area contributed by atoms with Gasteiger partial charge in [0, 0.05) is 11.1 Å². The van der Waals surface area contributed by atoms with Gasteiger partial charge in [0.05, 0.1) is 12.2 Å². The maximum Gasteiger partial charge on any atom is 0.124 e. The van der Waals surface area contributed by atoms with E-state index in [2.05, 4.69) is 5.43 Å². The third kappa shape index (κ3) is 5.31. The standard InChI is InChI=1S/C13H20ClFN2O/c1-13(2,3)18-8-11(17-16)6-9-4-5-10(15)7-12(9)14/h4-5,7,11,17H,6,8,16H2,1-3H3. The lowest BCUT2D eigenvalue weighted by atomic mass is 10.1. The number of hydrogen-bond acceptors (Lipinski definition) is 3. The zero-order valence-electron chi connectivity index (χ0n) is 11.0. The second-order valence-corrected chi connectivity index (χ2v) is 5.63. The van der Waals surface area contributed by atoms with Gasteiger partial charge in [0.25, 0.3) is 0 Å². The Labute approximate surface area is 112 Å². The van der Waals surface area contributed by atoms with E-state index >= 15 is 0 Å². The largest absolute Gasteiger partial charge is 0.374 e. The minimum absolute atomic E-state index is 0.0628. The highest BCUT2D eigenvalue weighted by atomic mass is 35.5. The molecule has 0 amide bonds. The van der Waals surface area contributed by atoms with Crippen LogP contribution in [-0.2, 0) is 11.2 Å². The Hall–Kier alpha value is -0.680. The van der Waals surface area contributed by atoms with Gasteiger partial charge in [0.15, 0.2) is 0 Å². The molecule has 0 fully saturated rings. The lowest BCUT2D eigenvalue weighted by Gasteiger charge is -2.24. The van der Waals surface area contributed by atoms with Crippen LogP contribution in [0.5, 0.6) is 0 Å². The maximum absolute atomic E-state index is 12.9. The second-order valence-electron chi connectivity index (χ2n) is 5.23. The second kappa shape index (κ2) is 6.48. The van der Waals surface area contributed by atoms with Crippen molar-refractivity contribution >= 4 is 11.6 Å². The third-order valence-electron chi connectivity index (χ3n) is 2.43.